The molecule has 1 amide bonds. The fourth-order valence-corrected chi connectivity index (χ4v) is 2.28. The second-order valence-electron chi connectivity index (χ2n) is 6.09. The van der Waals surface area contributed by atoms with Gasteiger partial charge >= 0.3 is 0 Å². The van der Waals surface area contributed by atoms with Gasteiger partial charge in [0.2, 0.25) is 11.7 Å². The summed E-state index contributed by atoms with van der Waals surface area (Å²) in [5.74, 6) is 0.640. The van der Waals surface area contributed by atoms with Crippen LogP contribution in [0.15, 0.2) is 24.3 Å². The summed E-state index contributed by atoms with van der Waals surface area (Å²) in [6.45, 7) is 5.99. The van der Waals surface area contributed by atoms with Crippen LogP contribution in [0.4, 0.5) is 0 Å². The van der Waals surface area contributed by atoms with Crippen LogP contribution in [0.1, 0.15) is 25.8 Å². The first-order valence-corrected chi connectivity index (χ1v) is 7.73. The molecule has 7 heteroatoms. The minimum Gasteiger partial charge on any atom is -0.394 e. The zero-order chi connectivity index (χ0) is 16.8. The summed E-state index contributed by atoms with van der Waals surface area (Å²) in [6.07, 6.45) is 0.724. The molecule has 1 aromatic carbocycles. The van der Waals surface area contributed by atoms with Gasteiger partial charge in [-0.15, -0.1) is 10.2 Å². The first-order chi connectivity index (χ1) is 11.0. The number of aromatic nitrogens is 4. The molecule has 23 heavy (non-hydrogen) atoms. The van der Waals surface area contributed by atoms with E-state index in [-0.39, 0.29) is 25.1 Å². The monoisotopic (exact) mass is 317 g/mol. The Labute approximate surface area is 135 Å². The third-order valence-corrected chi connectivity index (χ3v) is 3.39. The van der Waals surface area contributed by atoms with Crippen LogP contribution in [0.5, 0.6) is 0 Å². The molecule has 0 saturated carbocycles. The van der Waals surface area contributed by atoms with Gasteiger partial charge in [0.25, 0.3) is 0 Å². The average Bonchev–Trinajstić information content (AvgIpc) is 2.95. The van der Waals surface area contributed by atoms with Crippen molar-refractivity contribution in [2.24, 2.45) is 5.92 Å². The van der Waals surface area contributed by atoms with Gasteiger partial charge in [-0.1, -0.05) is 43.7 Å². The van der Waals surface area contributed by atoms with Crippen LogP contribution in [-0.2, 0) is 11.3 Å². The van der Waals surface area contributed by atoms with E-state index >= 15 is 0 Å². The van der Waals surface area contributed by atoms with Crippen molar-refractivity contribution < 1.29 is 9.90 Å². The van der Waals surface area contributed by atoms with Crippen molar-refractivity contribution in [3.8, 4) is 11.4 Å². The quantitative estimate of drug-likeness (QED) is 0.799. The highest BCUT2D eigenvalue weighted by Crippen LogP contribution is 2.13. The maximum atomic E-state index is 12.0. The van der Waals surface area contributed by atoms with Gasteiger partial charge in [-0.25, -0.2) is 0 Å². The maximum absolute atomic E-state index is 12.0. The van der Waals surface area contributed by atoms with E-state index in [2.05, 4.69) is 20.7 Å². The molecule has 124 valence electrons. The molecule has 2 rings (SSSR count). The van der Waals surface area contributed by atoms with E-state index in [1.807, 2.05) is 45.0 Å². The molecule has 1 heterocycles. The van der Waals surface area contributed by atoms with E-state index in [0.29, 0.717) is 11.7 Å². The number of hydrogen-bond donors (Lipinski definition) is 2. The van der Waals surface area contributed by atoms with E-state index in [4.69, 9.17) is 0 Å². The summed E-state index contributed by atoms with van der Waals surface area (Å²) in [4.78, 5) is 13.3. The topological polar surface area (TPSA) is 92.9 Å². The summed E-state index contributed by atoms with van der Waals surface area (Å²) >= 11 is 0. The Kier molecular flexibility index (Phi) is 5.81. The second kappa shape index (κ2) is 7.82. The zero-order valence-corrected chi connectivity index (χ0v) is 13.7. The molecule has 0 aliphatic rings. The van der Waals surface area contributed by atoms with Crippen LogP contribution in [-0.4, -0.2) is 43.9 Å². The lowest BCUT2D eigenvalue weighted by atomic mass is 10.0. The highest BCUT2D eigenvalue weighted by Gasteiger charge is 2.15. The lowest BCUT2D eigenvalue weighted by molar-refractivity contribution is -0.123. The molecule has 2 aromatic rings. The molecule has 0 saturated heterocycles. The molecule has 0 radical (unpaired) electrons. The normalized spacial score (nSPS) is 12.4. The Morgan fingerprint density at radius 2 is 2.00 bits per heavy atom. The molecule has 1 atom stereocenters. The first-order valence-electron chi connectivity index (χ1n) is 7.73. The van der Waals surface area contributed by atoms with Crippen LogP contribution in [0.2, 0.25) is 0 Å². The lowest BCUT2D eigenvalue weighted by Crippen LogP contribution is -2.40. The largest absolute Gasteiger partial charge is 0.394 e. The standard InChI is InChI=1S/C16H23N5O2/c1-11(2)8-14(10-22)17-15(23)9-21-19-16(18-20-21)13-6-4-12(3)5-7-13/h4-7,11,14,22H,8-10H2,1-3H3,(H,17,23). The number of carbonyl (C=O) groups excluding carboxylic acids is 1. The van der Waals surface area contributed by atoms with Crippen molar-refractivity contribution in [1.29, 1.82) is 0 Å². The Hall–Kier alpha value is -2.28. The number of nitrogens with one attached hydrogen (secondary N) is 1. The highest BCUT2D eigenvalue weighted by molar-refractivity contribution is 5.75. The smallest absolute Gasteiger partial charge is 0.243 e. The van der Waals surface area contributed by atoms with E-state index in [1.54, 1.807) is 0 Å². The fourth-order valence-electron chi connectivity index (χ4n) is 2.28. The van der Waals surface area contributed by atoms with Gasteiger partial charge in [0.05, 0.1) is 12.6 Å². The van der Waals surface area contributed by atoms with Crippen LogP contribution in [0.3, 0.4) is 0 Å². The van der Waals surface area contributed by atoms with Gasteiger partial charge in [0.15, 0.2) is 0 Å². The van der Waals surface area contributed by atoms with Gasteiger partial charge in [-0.2, -0.15) is 4.80 Å². The molecule has 0 spiro atoms. The SMILES string of the molecule is Cc1ccc(-c2nnn(CC(=O)NC(CO)CC(C)C)n2)cc1. The van der Waals surface area contributed by atoms with E-state index in [9.17, 15) is 9.90 Å². The number of amides is 1. The average molecular weight is 317 g/mol. The number of carbonyl (C=O) groups is 1. The first kappa shape index (κ1) is 17.1. The van der Waals surface area contributed by atoms with E-state index in [1.165, 1.54) is 4.80 Å². The van der Waals surface area contributed by atoms with Crippen molar-refractivity contribution in [3.63, 3.8) is 0 Å². The summed E-state index contributed by atoms with van der Waals surface area (Å²) < 4.78 is 0. The van der Waals surface area contributed by atoms with Crippen LogP contribution in [0, 0.1) is 12.8 Å². The summed E-state index contributed by atoms with van der Waals surface area (Å²) in [5, 5.41) is 24.2. The molecular formula is C16H23N5O2. The molecule has 1 aromatic heterocycles. The highest BCUT2D eigenvalue weighted by atomic mass is 16.3. The minimum absolute atomic E-state index is 0.0204. The van der Waals surface area contributed by atoms with Crippen molar-refractivity contribution >= 4 is 5.91 Å². The summed E-state index contributed by atoms with van der Waals surface area (Å²) in [6, 6.07) is 7.53. The van der Waals surface area contributed by atoms with E-state index in [0.717, 1.165) is 17.5 Å². The third-order valence-electron chi connectivity index (χ3n) is 3.39. The van der Waals surface area contributed by atoms with Crippen molar-refractivity contribution in [2.75, 3.05) is 6.61 Å². The van der Waals surface area contributed by atoms with E-state index < -0.39 is 0 Å². The Morgan fingerprint density at radius 3 is 2.61 bits per heavy atom. The number of aliphatic hydroxyl groups is 1. The van der Waals surface area contributed by atoms with Gasteiger partial charge in [-0.05, 0) is 24.5 Å². The molecule has 1 unspecified atom stereocenters. The van der Waals surface area contributed by atoms with Crippen molar-refractivity contribution in [1.82, 2.24) is 25.5 Å². The number of aryl methyl sites for hydroxylation is 1. The molecule has 0 bridgehead atoms. The van der Waals surface area contributed by atoms with Gasteiger partial charge in [0.1, 0.15) is 6.54 Å². The number of benzene rings is 1. The number of aliphatic hydroxyl groups excluding tert-OH is 1. The van der Waals surface area contributed by atoms with Crippen LogP contribution >= 0.6 is 0 Å². The third kappa shape index (κ3) is 5.14. The summed E-state index contributed by atoms with van der Waals surface area (Å²) in [7, 11) is 0. The Morgan fingerprint density at radius 1 is 1.30 bits per heavy atom. The minimum atomic E-state index is -0.248. The van der Waals surface area contributed by atoms with Gasteiger partial charge in [0, 0.05) is 5.56 Å². The number of nitrogens with zero attached hydrogens (tertiary/aromatic N) is 4. The Balaban J connectivity index is 1.95. The number of rotatable bonds is 7. The number of hydrogen-bond acceptors (Lipinski definition) is 5. The van der Waals surface area contributed by atoms with Crippen molar-refractivity contribution in [3.05, 3.63) is 29.8 Å². The van der Waals surface area contributed by atoms with Crippen LogP contribution < -0.4 is 5.32 Å². The predicted octanol–water partition coefficient (Wildman–Crippen LogP) is 1.17. The molecule has 2 N–H and O–H groups in total. The lowest BCUT2D eigenvalue weighted by Gasteiger charge is -2.17. The number of tetrazole rings is 1. The molecule has 0 aliphatic heterocycles. The zero-order valence-electron chi connectivity index (χ0n) is 13.7. The fraction of sp³-hybridized carbons (Fsp3) is 0.500. The van der Waals surface area contributed by atoms with Crippen LogP contribution in [0.25, 0.3) is 11.4 Å². The predicted molar refractivity (Wildman–Crippen MR) is 86.5 cm³/mol. The molecule has 7 nitrogen and oxygen atoms in total. The molecule has 0 aliphatic carbocycles. The molecular weight excluding hydrogens is 294 g/mol. The molecule has 0 fully saturated rings. The maximum Gasteiger partial charge on any atom is 0.243 e. The van der Waals surface area contributed by atoms with Gasteiger partial charge < -0.3 is 10.4 Å². The second-order valence-corrected chi connectivity index (χ2v) is 6.09. The Bertz CT molecular complexity index is 636. The van der Waals surface area contributed by atoms with Crippen molar-refractivity contribution in [2.45, 2.75) is 39.8 Å². The van der Waals surface area contributed by atoms with Gasteiger partial charge in [-0.3, -0.25) is 4.79 Å². The summed E-state index contributed by atoms with van der Waals surface area (Å²) in [5.41, 5.74) is 2.01.